The van der Waals surface area contributed by atoms with E-state index in [0.29, 0.717) is 12.1 Å². The summed E-state index contributed by atoms with van der Waals surface area (Å²) < 4.78 is 41.3. The van der Waals surface area contributed by atoms with Gasteiger partial charge in [-0.15, -0.1) is 6.58 Å². The van der Waals surface area contributed by atoms with Crippen LogP contribution in [0.1, 0.15) is 11.6 Å². The van der Waals surface area contributed by atoms with Crippen molar-refractivity contribution in [2.24, 2.45) is 0 Å². The Morgan fingerprint density at radius 1 is 1.45 bits per heavy atom. The van der Waals surface area contributed by atoms with Gasteiger partial charge < -0.3 is 4.74 Å². The second kappa shape index (κ2) is 7.35. The number of halogens is 3. The molecule has 1 atom stereocenters. The number of thioether (sulfide) groups is 1. The van der Waals surface area contributed by atoms with E-state index >= 15 is 0 Å². The van der Waals surface area contributed by atoms with E-state index in [4.69, 9.17) is 0 Å². The molecule has 0 amide bonds. The first-order chi connectivity index (χ1) is 9.37. The zero-order chi connectivity index (χ0) is 15.2. The molecule has 7 heteroatoms. The summed E-state index contributed by atoms with van der Waals surface area (Å²) in [7, 11) is 1.25. The van der Waals surface area contributed by atoms with Crippen LogP contribution in [-0.2, 0) is 9.53 Å². The topological polar surface area (TPSA) is 38.3 Å². The van der Waals surface area contributed by atoms with Crippen LogP contribution in [0.15, 0.2) is 41.8 Å². The number of nitrogens with one attached hydrogen (secondary N) is 1. The predicted molar refractivity (Wildman–Crippen MR) is 71.3 cm³/mol. The van der Waals surface area contributed by atoms with Gasteiger partial charge in [-0.3, -0.25) is 5.32 Å². The van der Waals surface area contributed by atoms with Crippen LogP contribution in [0.25, 0.3) is 0 Å². The maximum absolute atomic E-state index is 12.2. The number of alkyl halides is 3. The molecule has 0 radical (unpaired) electrons. The van der Waals surface area contributed by atoms with E-state index < -0.39 is 17.5 Å². The highest BCUT2D eigenvalue weighted by molar-refractivity contribution is 8.00. The molecule has 0 aliphatic rings. The van der Waals surface area contributed by atoms with Gasteiger partial charge in [0.1, 0.15) is 6.04 Å². The fourth-order valence-electron chi connectivity index (χ4n) is 1.52. The van der Waals surface area contributed by atoms with Gasteiger partial charge in [-0.1, -0.05) is 18.2 Å². The van der Waals surface area contributed by atoms with E-state index in [-0.39, 0.29) is 16.7 Å². The maximum Gasteiger partial charge on any atom is 0.446 e. The minimum atomic E-state index is -4.33. The van der Waals surface area contributed by atoms with Crippen LogP contribution < -0.4 is 5.32 Å². The van der Waals surface area contributed by atoms with Crippen molar-refractivity contribution in [3.05, 3.63) is 42.5 Å². The van der Waals surface area contributed by atoms with Crippen LogP contribution in [0, 0.1) is 0 Å². The molecular formula is C13H14F3NO2S. The molecule has 0 aliphatic heterocycles. The molecule has 110 valence electrons. The van der Waals surface area contributed by atoms with Crippen molar-refractivity contribution in [2.75, 3.05) is 13.7 Å². The van der Waals surface area contributed by atoms with Crippen molar-refractivity contribution in [2.45, 2.75) is 16.4 Å². The molecule has 20 heavy (non-hydrogen) atoms. The molecule has 0 spiro atoms. The molecular weight excluding hydrogens is 291 g/mol. The third-order valence-electron chi connectivity index (χ3n) is 2.35. The average Bonchev–Trinajstić information content (AvgIpc) is 2.38. The highest BCUT2D eigenvalue weighted by atomic mass is 32.2. The van der Waals surface area contributed by atoms with E-state index in [1.54, 1.807) is 6.08 Å². The standard InChI is InChI=1S/C13H14F3NO2S/c1-3-8-17-11(12(18)19-2)9-4-6-10(7-5-9)20-13(14,15)16/h3-7,11,17H,1,8H2,2H3. The largest absolute Gasteiger partial charge is 0.468 e. The number of hydrogen-bond acceptors (Lipinski definition) is 4. The number of benzene rings is 1. The Morgan fingerprint density at radius 2 is 2.05 bits per heavy atom. The van der Waals surface area contributed by atoms with Gasteiger partial charge in [0.25, 0.3) is 0 Å². The summed E-state index contributed by atoms with van der Waals surface area (Å²) in [5.41, 5.74) is -3.80. The van der Waals surface area contributed by atoms with Gasteiger partial charge in [0.05, 0.1) is 7.11 Å². The third kappa shape index (κ3) is 5.26. The monoisotopic (exact) mass is 305 g/mol. The minimum Gasteiger partial charge on any atom is -0.468 e. The normalized spacial score (nSPS) is 12.8. The van der Waals surface area contributed by atoms with Crippen molar-refractivity contribution in [1.82, 2.24) is 5.32 Å². The Morgan fingerprint density at radius 3 is 2.50 bits per heavy atom. The molecule has 0 saturated carbocycles. The van der Waals surface area contributed by atoms with Crippen molar-refractivity contribution >= 4 is 17.7 Å². The lowest BCUT2D eigenvalue weighted by atomic mass is 10.1. The highest BCUT2D eigenvalue weighted by Gasteiger charge is 2.29. The zero-order valence-electron chi connectivity index (χ0n) is 10.7. The van der Waals surface area contributed by atoms with E-state index in [1.807, 2.05) is 0 Å². The number of esters is 1. The van der Waals surface area contributed by atoms with E-state index in [1.165, 1.54) is 31.4 Å². The number of rotatable bonds is 6. The summed E-state index contributed by atoms with van der Waals surface area (Å²) in [6, 6.07) is 4.83. The number of carbonyl (C=O) groups excluding carboxylic acids is 1. The minimum absolute atomic E-state index is 0.0635. The molecule has 1 rings (SSSR count). The SMILES string of the molecule is C=CCNC(C(=O)OC)c1ccc(SC(F)(F)F)cc1. The summed E-state index contributed by atoms with van der Waals surface area (Å²) in [6.07, 6.45) is 1.57. The first-order valence-electron chi connectivity index (χ1n) is 5.65. The Labute approximate surface area is 119 Å². The zero-order valence-corrected chi connectivity index (χ0v) is 11.6. The molecule has 1 aromatic rings. The molecule has 1 N–H and O–H groups in total. The molecule has 1 aromatic carbocycles. The summed E-state index contributed by atoms with van der Waals surface area (Å²) >= 11 is -0.200. The van der Waals surface area contributed by atoms with Crippen LogP contribution >= 0.6 is 11.8 Å². The molecule has 0 aromatic heterocycles. The number of hydrogen-bond donors (Lipinski definition) is 1. The first kappa shape index (κ1) is 16.6. The molecule has 0 bridgehead atoms. The Kier molecular flexibility index (Phi) is 6.09. The first-order valence-corrected chi connectivity index (χ1v) is 6.47. The van der Waals surface area contributed by atoms with Gasteiger partial charge in [0.2, 0.25) is 0 Å². The van der Waals surface area contributed by atoms with Crippen molar-refractivity contribution in [1.29, 1.82) is 0 Å². The van der Waals surface area contributed by atoms with Gasteiger partial charge in [-0.2, -0.15) is 13.2 Å². The fourth-order valence-corrected chi connectivity index (χ4v) is 2.06. The van der Waals surface area contributed by atoms with Crippen molar-refractivity contribution < 1.29 is 22.7 Å². The quantitative estimate of drug-likeness (QED) is 0.497. The Bertz CT molecular complexity index is 460. The summed E-state index contributed by atoms with van der Waals surface area (Å²) in [6.45, 7) is 3.90. The lowest BCUT2D eigenvalue weighted by Gasteiger charge is -2.16. The summed E-state index contributed by atoms with van der Waals surface area (Å²) in [5.74, 6) is -0.511. The van der Waals surface area contributed by atoms with E-state index in [2.05, 4.69) is 16.6 Å². The Hall–Kier alpha value is -1.47. The predicted octanol–water partition coefficient (Wildman–Crippen LogP) is 3.29. The summed E-state index contributed by atoms with van der Waals surface area (Å²) in [4.78, 5) is 11.7. The van der Waals surface area contributed by atoms with Gasteiger partial charge in [-0.05, 0) is 29.5 Å². The second-order valence-corrected chi connectivity index (χ2v) is 4.91. The van der Waals surface area contributed by atoms with E-state index in [9.17, 15) is 18.0 Å². The van der Waals surface area contributed by atoms with Gasteiger partial charge in [0.15, 0.2) is 0 Å². The lowest BCUT2D eigenvalue weighted by molar-refractivity contribution is -0.143. The lowest BCUT2D eigenvalue weighted by Crippen LogP contribution is -2.29. The third-order valence-corrected chi connectivity index (χ3v) is 3.09. The van der Waals surface area contributed by atoms with Crippen LogP contribution in [0.4, 0.5) is 13.2 Å². The van der Waals surface area contributed by atoms with Crippen molar-refractivity contribution in [3.8, 4) is 0 Å². The van der Waals surface area contributed by atoms with Crippen LogP contribution in [0.3, 0.4) is 0 Å². The molecule has 3 nitrogen and oxygen atoms in total. The molecule has 0 saturated heterocycles. The van der Waals surface area contributed by atoms with E-state index in [0.717, 1.165) is 0 Å². The summed E-state index contributed by atoms with van der Waals surface area (Å²) in [5, 5.41) is 2.88. The molecule has 0 heterocycles. The fraction of sp³-hybridized carbons (Fsp3) is 0.308. The van der Waals surface area contributed by atoms with Gasteiger partial charge in [-0.25, -0.2) is 4.79 Å². The maximum atomic E-state index is 12.2. The van der Waals surface area contributed by atoms with Crippen LogP contribution in [0.5, 0.6) is 0 Å². The van der Waals surface area contributed by atoms with Crippen LogP contribution in [0.2, 0.25) is 0 Å². The van der Waals surface area contributed by atoms with Crippen molar-refractivity contribution in [3.63, 3.8) is 0 Å². The highest BCUT2D eigenvalue weighted by Crippen LogP contribution is 2.37. The van der Waals surface area contributed by atoms with Gasteiger partial charge >= 0.3 is 11.5 Å². The van der Waals surface area contributed by atoms with Crippen LogP contribution in [-0.4, -0.2) is 25.1 Å². The molecule has 0 fully saturated rings. The number of carbonyl (C=O) groups is 1. The number of ether oxygens (including phenoxy) is 1. The molecule has 0 aliphatic carbocycles. The Balaban J connectivity index is 2.87. The average molecular weight is 305 g/mol. The smallest absolute Gasteiger partial charge is 0.446 e. The molecule has 1 unspecified atom stereocenters. The second-order valence-electron chi connectivity index (χ2n) is 3.77. The van der Waals surface area contributed by atoms with Gasteiger partial charge in [0, 0.05) is 11.4 Å². The number of methoxy groups -OCH3 is 1.